The van der Waals surface area contributed by atoms with E-state index in [4.69, 9.17) is 0 Å². The first-order valence-electron chi connectivity index (χ1n) is 6.57. The van der Waals surface area contributed by atoms with E-state index in [-0.39, 0.29) is 0 Å². The zero-order valence-electron chi connectivity index (χ0n) is 10.2. The molecule has 0 aromatic heterocycles. The molecule has 1 aliphatic rings. The van der Waals surface area contributed by atoms with Crippen molar-refractivity contribution in [3.8, 4) is 0 Å². The van der Waals surface area contributed by atoms with Crippen LogP contribution in [0.2, 0.25) is 0 Å². The highest BCUT2D eigenvalue weighted by atomic mass is 15.2. The van der Waals surface area contributed by atoms with Crippen LogP contribution in [0.25, 0.3) is 0 Å². The molecule has 0 bridgehead atoms. The molecule has 1 heterocycles. The predicted octanol–water partition coefficient (Wildman–Crippen LogP) is 3.46. The first-order chi connectivity index (χ1) is 7.43. The number of hydrogen-bond acceptors (Lipinski definition) is 2. The largest absolute Gasteiger partial charge is 0.373 e. The predicted molar refractivity (Wildman–Crippen MR) is 66.5 cm³/mol. The van der Waals surface area contributed by atoms with Gasteiger partial charge in [-0.15, -0.1) is 0 Å². The van der Waals surface area contributed by atoms with Gasteiger partial charge in [0.2, 0.25) is 0 Å². The molecule has 0 aromatic carbocycles. The van der Waals surface area contributed by atoms with Crippen molar-refractivity contribution in [3.63, 3.8) is 0 Å². The lowest BCUT2D eigenvalue weighted by atomic mass is 10.1. The molecule has 0 saturated heterocycles. The lowest BCUT2D eigenvalue weighted by Gasteiger charge is -2.13. The Labute approximate surface area is 94.7 Å². The van der Waals surface area contributed by atoms with E-state index in [0.29, 0.717) is 0 Å². The van der Waals surface area contributed by atoms with Crippen molar-refractivity contribution in [2.24, 2.45) is 0 Å². The minimum absolute atomic E-state index is 1.01. The van der Waals surface area contributed by atoms with Crippen molar-refractivity contribution in [3.05, 3.63) is 12.4 Å². The Morgan fingerprint density at radius 2 is 1.67 bits per heavy atom. The Bertz CT molecular complexity index is 166. The minimum atomic E-state index is 1.01. The van der Waals surface area contributed by atoms with Gasteiger partial charge in [0.25, 0.3) is 0 Å². The van der Waals surface area contributed by atoms with Gasteiger partial charge in [-0.25, -0.2) is 0 Å². The van der Waals surface area contributed by atoms with Gasteiger partial charge in [-0.1, -0.05) is 51.9 Å². The number of unbranched alkanes of at least 4 members (excludes halogenated alkanes) is 7. The third-order valence-corrected chi connectivity index (χ3v) is 3.00. The quantitative estimate of drug-likeness (QED) is 0.586. The first-order valence-corrected chi connectivity index (χ1v) is 6.57. The van der Waals surface area contributed by atoms with E-state index >= 15 is 0 Å². The van der Waals surface area contributed by atoms with Crippen LogP contribution < -0.4 is 5.32 Å². The highest BCUT2D eigenvalue weighted by molar-refractivity contribution is 4.86. The topological polar surface area (TPSA) is 15.3 Å². The van der Waals surface area contributed by atoms with Gasteiger partial charge in [-0.05, 0) is 6.42 Å². The van der Waals surface area contributed by atoms with E-state index in [1.165, 1.54) is 57.9 Å². The first kappa shape index (κ1) is 12.4. The maximum absolute atomic E-state index is 3.19. The summed E-state index contributed by atoms with van der Waals surface area (Å²) in [6.45, 7) is 4.51. The van der Waals surface area contributed by atoms with Crippen LogP contribution in [0.1, 0.15) is 58.3 Å². The summed E-state index contributed by atoms with van der Waals surface area (Å²) in [5.41, 5.74) is 0. The molecule has 0 aliphatic carbocycles. The molecular weight excluding hydrogens is 184 g/mol. The summed E-state index contributed by atoms with van der Waals surface area (Å²) in [5.74, 6) is 0. The average molecular weight is 210 g/mol. The molecular formula is C13H26N2. The zero-order valence-corrected chi connectivity index (χ0v) is 10.2. The standard InChI is InChI=1S/C13H26N2/c1-2-3-4-5-6-7-8-9-11-15-12-10-14-13-15/h10,12,14H,2-9,11,13H2,1H3. The van der Waals surface area contributed by atoms with Crippen molar-refractivity contribution in [1.82, 2.24) is 10.2 Å². The van der Waals surface area contributed by atoms with E-state index in [9.17, 15) is 0 Å². The summed E-state index contributed by atoms with van der Waals surface area (Å²) < 4.78 is 0. The smallest absolute Gasteiger partial charge is 0.0867 e. The Morgan fingerprint density at radius 3 is 2.27 bits per heavy atom. The van der Waals surface area contributed by atoms with Gasteiger partial charge in [0.05, 0.1) is 6.67 Å². The summed E-state index contributed by atoms with van der Waals surface area (Å²) in [4.78, 5) is 2.34. The molecule has 0 aromatic rings. The average Bonchev–Trinajstić information content (AvgIpc) is 2.75. The molecule has 0 radical (unpaired) electrons. The summed E-state index contributed by atoms with van der Waals surface area (Å²) in [6.07, 6.45) is 15.5. The SMILES string of the molecule is CCCCCCCCCCN1C=CNC1. The molecule has 2 nitrogen and oxygen atoms in total. The summed E-state index contributed by atoms with van der Waals surface area (Å²) >= 11 is 0. The molecule has 1 rings (SSSR count). The van der Waals surface area contributed by atoms with Crippen LogP contribution in [-0.4, -0.2) is 18.1 Å². The fourth-order valence-corrected chi connectivity index (χ4v) is 1.98. The van der Waals surface area contributed by atoms with Crippen molar-refractivity contribution in [2.45, 2.75) is 58.3 Å². The van der Waals surface area contributed by atoms with Crippen LogP contribution in [0.4, 0.5) is 0 Å². The molecule has 0 atom stereocenters. The van der Waals surface area contributed by atoms with Gasteiger partial charge in [-0.3, -0.25) is 0 Å². The van der Waals surface area contributed by atoms with Crippen LogP contribution in [0.15, 0.2) is 12.4 Å². The molecule has 0 spiro atoms. The van der Waals surface area contributed by atoms with Gasteiger partial charge >= 0.3 is 0 Å². The van der Waals surface area contributed by atoms with Crippen LogP contribution in [0, 0.1) is 0 Å². The molecule has 1 N–H and O–H groups in total. The van der Waals surface area contributed by atoms with E-state index in [1.54, 1.807) is 0 Å². The van der Waals surface area contributed by atoms with Gasteiger partial charge in [-0.2, -0.15) is 0 Å². The second-order valence-electron chi connectivity index (χ2n) is 4.47. The second-order valence-corrected chi connectivity index (χ2v) is 4.47. The maximum atomic E-state index is 3.19. The minimum Gasteiger partial charge on any atom is -0.373 e. The Balaban J connectivity index is 1.75. The number of hydrogen-bond donors (Lipinski definition) is 1. The van der Waals surface area contributed by atoms with Gasteiger partial charge in [0.15, 0.2) is 0 Å². The number of rotatable bonds is 9. The summed E-state index contributed by atoms with van der Waals surface area (Å²) in [6, 6.07) is 0. The Kier molecular flexibility index (Phi) is 7.14. The maximum Gasteiger partial charge on any atom is 0.0867 e. The Hall–Kier alpha value is -0.660. The normalized spacial score (nSPS) is 14.6. The van der Waals surface area contributed by atoms with Gasteiger partial charge < -0.3 is 10.2 Å². The van der Waals surface area contributed by atoms with E-state index in [1.807, 2.05) is 6.20 Å². The molecule has 0 amide bonds. The summed E-state index contributed by atoms with van der Waals surface area (Å²) in [5, 5.41) is 3.19. The molecule has 0 fully saturated rings. The van der Waals surface area contributed by atoms with Crippen LogP contribution in [0.5, 0.6) is 0 Å². The van der Waals surface area contributed by atoms with Crippen molar-refractivity contribution < 1.29 is 0 Å². The molecule has 15 heavy (non-hydrogen) atoms. The van der Waals surface area contributed by atoms with Gasteiger partial charge in [0, 0.05) is 18.9 Å². The third kappa shape index (κ3) is 6.43. The monoisotopic (exact) mass is 210 g/mol. The zero-order chi connectivity index (χ0) is 10.8. The summed E-state index contributed by atoms with van der Waals surface area (Å²) in [7, 11) is 0. The third-order valence-electron chi connectivity index (χ3n) is 3.00. The second kappa shape index (κ2) is 8.63. The van der Waals surface area contributed by atoms with Crippen molar-refractivity contribution in [2.75, 3.05) is 13.2 Å². The molecule has 2 heteroatoms. The highest BCUT2D eigenvalue weighted by Gasteiger charge is 2.01. The fourth-order valence-electron chi connectivity index (χ4n) is 1.98. The van der Waals surface area contributed by atoms with E-state index in [0.717, 1.165) is 6.67 Å². The highest BCUT2D eigenvalue weighted by Crippen LogP contribution is 2.09. The van der Waals surface area contributed by atoms with Crippen LogP contribution in [-0.2, 0) is 0 Å². The molecule has 88 valence electrons. The van der Waals surface area contributed by atoms with Crippen molar-refractivity contribution in [1.29, 1.82) is 0 Å². The van der Waals surface area contributed by atoms with Gasteiger partial charge in [0.1, 0.15) is 0 Å². The number of nitrogens with zero attached hydrogens (tertiary/aromatic N) is 1. The van der Waals surface area contributed by atoms with E-state index in [2.05, 4.69) is 23.3 Å². The molecule has 1 aliphatic heterocycles. The van der Waals surface area contributed by atoms with Crippen LogP contribution in [0.3, 0.4) is 0 Å². The lowest BCUT2D eigenvalue weighted by Crippen LogP contribution is -2.21. The van der Waals surface area contributed by atoms with E-state index < -0.39 is 0 Å². The lowest BCUT2D eigenvalue weighted by molar-refractivity contribution is 0.375. The Morgan fingerprint density at radius 1 is 1.00 bits per heavy atom. The molecule has 0 saturated carbocycles. The molecule has 0 unspecified atom stereocenters. The van der Waals surface area contributed by atoms with Crippen LogP contribution >= 0.6 is 0 Å². The number of nitrogens with one attached hydrogen (secondary N) is 1. The fraction of sp³-hybridized carbons (Fsp3) is 0.846. The van der Waals surface area contributed by atoms with Crippen molar-refractivity contribution >= 4 is 0 Å².